The average molecular weight is 269 g/mol. The second kappa shape index (κ2) is 5.30. The van der Waals surface area contributed by atoms with Crippen molar-refractivity contribution in [1.29, 1.82) is 0 Å². The van der Waals surface area contributed by atoms with E-state index in [2.05, 4.69) is 0 Å². The fourth-order valence-electron chi connectivity index (χ4n) is 1.67. The van der Waals surface area contributed by atoms with Gasteiger partial charge < -0.3 is 5.73 Å². The van der Waals surface area contributed by atoms with Gasteiger partial charge in [-0.3, -0.25) is 9.59 Å². The fourth-order valence-corrected chi connectivity index (χ4v) is 2.76. The lowest BCUT2D eigenvalue weighted by molar-refractivity contribution is -0.115. The van der Waals surface area contributed by atoms with Gasteiger partial charge in [-0.15, -0.1) is 0 Å². The van der Waals surface area contributed by atoms with Crippen LogP contribution in [0.25, 0.3) is 0 Å². The minimum absolute atomic E-state index is 0.355. The highest BCUT2D eigenvalue weighted by molar-refractivity contribution is 7.92. The van der Waals surface area contributed by atoms with Crippen LogP contribution in [0.4, 0.5) is 0 Å². The summed E-state index contributed by atoms with van der Waals surface area (Å²) in [5, 5.41) is 0. The number of nitrogens with two attached hydrogens (primary N) is 1. The quantitative estimate of drug-likeness (QED) is 0.782. The second-order valence-corrected chi connectivity index (χ2v) is 6.30. The van der Waals surface area contributed by atoms with E-state index < -0.39 is 33.0 Å². The van der Waals surface area contributed by atoms with Crippen molar-refractivity contribution in [2.45, 2.75) is 13.8 Å². The molecule has 0 saturated heterocycles. The summed E-state index contributed by atoms with van der Waals surface area (Å²) in [5.74, 6) is -2.97. The lowest BCUT2D eigenvalue weighted by atomic mass is 10.0. The van der Waals surface area contributed by atoms with E-state index in [9.17, 15) is 18.0 Å². The number of rotatable bonds is 5. The van der Waals surface area contributed by atoms with E-state index >= 15 is 0 Å². The van der Waals surface area contributed by atoms with Crippen LogP contribution >= 0.6 is 0 Å². The van der Waals surface area contributed by atoms with Crippen molar-refractivity contribution in [1.82, 2.24) is 0 Å². The number of Topliss-reactive ketones (excluding diaryl/α,β-unsaturated/α-hetero) is 1. The number of primary amides is 1. The maximum absolute atomic E-state index is 11.8. The normalized spacial score (nSPS) is 11.2. The van der Waals surface area contributed by atoms with Crippen molar-refractivity contribution >= 4 is 21.5 Å². The molecule has 0 aliphatic carbocycles. The van der Waals surface area contributed by atoms with Gasteiger partial charge in [0.25, 0.3) is 0 Å². The number of hydrogen-bond acceptors (Lipinski definition) is 4. The summed E-state index contributed by atoms with van der Waals surface area (Å²) in [6.07, 6.45) is 0. The second-order valence-electron chi connectivity index (χ2n) is 4.24. The van der Waals surface area contributed by atoms with Gasteiger partial charge >= 0.3 is 0 Å². The van der Waals surface area contributed by atoms with Crippen LogP contribution in [-0.4, -0.2) is 31.6 Å². The van der Waals surface area contributed by atoms with Gasteiger partial charge in [-0.25, -0.2) is 8.42 Å². The van der Waals surface area contributed by atoms with E-state index in [0.717, 1.165) is 5.56 Å². The molecule has 0 fully saturated rings. The van der Waals surface area contributed by atoms with Crippen LogP contribution < -0.4 is 5.73 Å². The van der Waals surface area contributed by atoms with Gasteiger partial charge in [0, 0.05) is 5.56 Å². The van der Waals surface area contributed by atoms with Crippen molar-refractivity contribution < 1.29 is 18.0 Å². The summed E-state index contributed by atoms with van der Waals surface area (Å²) in [4.78, 5) is 22.4. The molecular formula is C12H15NO4S. The predicted molar refractivity (Wildman–Crippen MR) is 68.1 cm³/mol. The van der Waals surface area contributed by atoms with Gasteiger partial charge in [0.2, 0.25) is 5.91 Å². The van der Waals surface area contributed by atoms with Crippen LogP contribution in [0.2, 0.25) is 0 Å². The largest absolute Gasteiger partial charge is 0.369 e. The Bertz CT molecular complexity index is 590. The van der Waals surface area contributed by atoms with Crippen molar-refractivity contribution in [2.75, 3.05) is 11.5 Å². The van der Waals surface area contributed by atoms with Crippen molar-refractivity contribution in [2.24, 2.45) is 5.73 Å². The third-order valence-corrected chi connectivity index (χ3v) is 3.82. The maximum Gasteiger partial charge on any atom is 0.232 e. The zero-order valence-electron chi connectivity index (χ0n) is 10.3. The van der Waals surface area contributed by atoms with Crippen LogP contribution in [-0.2, 0) is 14.6 Å². The fraction of sp³-hybridized carbons (Fsp3) is 0.333. The molecule has 0 aliphatic heterocycles. The average Bonchev–Trinajstić information content (AvgIpc) is 2.13. The van der Waals surface area contributed by atoms with Gasteiger partial charge in [0.15, 0.2) is 15.6 Å². The number of hydrogen-bond donors (Lipinski definition) is 1. The lowest BCUT2D eigenvalue weighted by Crippen LogP contribution is -2.28. The van der Waals surface area contributed by atoms with E-state index in [1.165, 1.54) is 0 Å². The number of benzene rings is 1. The van der Waals surface area contributed by atoms with Gasteiger partial charge in [0.05, 0.1) is 0 Å². The number of sulfone groups is 1. The molecular weight excluding hydrogens is 254 g/mol. The summed E-state index contributed by atoms with van der Waals surface area (Å²) < 4.78 is 23.0. The molecule has 0 radical (unpaired) electrons. The third-order valence-electron chi connectivity index (χ3n) is 2.40. The Morgan fingerprint density at radius 1 is 1.17 bits per heavy atom. The molecule has 1 rings (SSSR count). The summed E-state index contributed by atoms with van der Waals surface area (Å²) in [6.45, 7) is 3.62. The first-order chi connectivity index (χ1) is 8.21. The standard InChI is InChI=1S/C12H15NO4S/c1-8-3-4-10(9(2)5-8)11(14)6-18(16,17)7-12(13)15/h3-5H,6-7H2,1-2H3,(H2,13,15). The Labute approximate surface area is 106 Å². The molecule has 0 unspecified atom stereocenters. The molecule has 0 aliphatic rings. The molecule has 0 bridgehead atoms. The molecule has 1 aromatic rings. The predicted octanol–water partition coefficient (Wildman–Crippen LogP) is 0.386. The van der Waals surface area contributed by atoms with Gasteiger partial charge in [-0.1, -0.05) is 23.8 Å². The minimum atomic E-state index is -3.78. The zero-order valence-corrected chi connectivity index (χ0v) is 11.1. The van der Waals surface area contributed by atoms with Gasteiger partial charge in [-0.05, 0) is 19.4 Å². The molecule has 98 valence electrons. The number of ketones is 1. The summed E-state index contributed by atoms with van der Waals surface area (Å²) in [7, 11) is -3.78. The smallest absolute Gasteiger partial charge is 0.232 e. The van der Waals surface area contributed by atoms with Crippen LogP contribution in [0.15, 0.2) is 18.2 Å². The molecule has 0 atom stereocenters. The highest BCUT2D eigenvalue weighted by Crippen LogP contribution is 2.12. The summed E-state index contributed by atoms with van der Waals surface area (Å²) in [6, 6.07) is 5.13. The molecule has 1 aromatic carbocycles. The first-order valence-electron chi connectivity index (χ1n) is 5.30. The monoisotopic (exact) mass is 269 g/mol. The van der Waals surface area contributed by atoms with E-state index in [4.69, 9.17) is 5.73 Å². The summed E-state index contributed by atoms with van der Waals surface area (Å²) in [5.41, 5.74) is 6.88. The molecule has 1 amide bonds. The Hall–Kier alpha value is -1.69. The van der Waals surface area contributed by atoms with Crippen LogP contribution in [0.5, 0.6) is 0 Å². The number of aryl methyl sites for hydroxylation is 2. The highest BCUT2D eigenvalue weighted by Gasteiger charge is 2.21. The Morgan fingerprint density at radius 3 is 2.28 bits per heavy atom. The number of amides is 1. The highest BCUT2D eigenvalue weighted by atomic mass is 32.2. The molecule has 2 N–H and O–H groups in total. The first kappa shape index (κ1) is 14.4. The number of carbonyl (C=O) groups is 2. The molecule has 0 heterocycles. The number of carbonyl (C=O) groups excluding carboxylic acids is 2. The Kier molecular flexibility index (Phi) is 4.24. The lowest BCUT2D eigenvalue weighted by Gasteiger charge is -2.06. The van der Waals surface area contributed by atoms with Crippen molar-refractivity contribution in [3.8, 4) is 0 Å². The Balaban J connectivity index is 2.93. The Morgan fingerprint density at radius 2 is 1.78 bits per heavy atom. The summed E-state index contributed by atoms with van der Waals surface area (Å²) >= 11 is 0. The van der Waals surface area contributed by atoms with Gasteiger partial charge in [-0.2, -0.15) is 0 Å². The van der Waals surface area contributed by atoms with E-state index in [1.54, 1.807) is 25.1 Å². The van der Waals surface area contributed by atoms with Crippen LogP contribution in [0.1, 0.15) is 21.5 Å². The SMILES string of the molecule is Cc1ccc(C(=O)CS(=O)(=O)CC(N)=O)c(C)c1. The van der Waals surface area contributed by atoms with Crippen LogP contribution in [0, 0.1) is 13.8 Å². The molecule has 18 heavy (non-hydrogen) atoms. The van der Waals surface area contributed by atoms with E-state index in [-0.39, 0.29) is 0 Å². The minimum Gasteiger partial charge on any atom is -0.369 e. The van der Waals surface area contributed by atoms with E-state index in [1.807, 2.05) is 6.92 Å². The maximum atomic E-state index is 11.8. The first-order valence-corrected chi connectivity index (χ1v) is 7.12. The van der Waals surface area contributed by atoms with Gasteiger partial charge in [0.1, 0.15) is 11.5 Å². The van der Waals surface area contributed by atoms with Crippen molar-refractivity contribution in [3.05, 3.63) is 34.9 Å². The molecule has 5 nitrogen and oxygen atoms in total. The van der Waals surface area contributed by atoms with E-state index in [0.29, 0.717) is 11.1 Å². The molecule has 6 heteroatoms. The van der Waals surface area contributed by atoms with Crippen molar-refractivity contribution in [3.63, 3.8) is 0 Å². The zero-order chi connectivity index (χ0) is 13.9. The third kappa shape index (κ3) is 3.96. The van der Waals surface area contributed by atoms with Crippen LogP contribution in [0.3, 0.4) is 0 Å². The topological polar surface area (TPSA) is 94.3 Å². The molecule has 0 saturated carbocycles. The molecule has 0 spiro atoms. The molecule has 0 aromatic heterocycles.